The molecule has 5 heteroatoms. The zero-order chi connectivity index (χ0) is 11.6. The predicted octanol–water partition coefficient (Wildman–Crippen LogP) is 1.20. The standard InChI is InChI=1S/C10H12BrNO3/c1-5-2-6(4-7(11)3-5)9(13)8(12)10(14)15/h2-4,8-9,13H,12H2,1H3,(H,14,15). The molecule has 0 bridgehead atoms. The van der Waals surface area contributed by atoms with E-state index in [1.165, 1.54) is 0 Å². The van der Waals surface area contributed by atoms with Gasteiger partial charge in [0, 0.05) is 4.47 Å². The van der Waals surface area contributed by atoms with Crippen molar-refractivity contribution in [1.29, 1.82) is 0 Å². The minimum absolute atomic E-state index is 0.497. The summed E-state index contributed by atoms with van der Waals surface area (Å²) in [7, 11) is 0. The van der Waals surface area contributed by atoms with Gasteiger partial charge >= 0.3 is 5.97 Å². The summed E-state index contributed by atoms with van der Waals surface area (Å²) in [4.78, 5) is 10.6. The number of hydrogen-bond donors (Lipinski definition) is 3. The SMILES string of the molecule is Cc1cc(Br)cc(C(O)C(N)C(=O)O)c1. The molecule has 4 N–H and O–H groups in total. The van der Waals surface area contributed by atoms with Gasteiger partial charge in [-0.2, -0.15) is 0 Å². The number of aliphatic hydroxyl groups is 1. The van der Waals surface area contributed by atoms with Crippen LogP contribution in [0.1, 0.15) is 17.2 Å². The van der Waals surface area contributed by atoms with E-state index in [1.807, 2.05) is 13.0 Å². The molecule has 0 aliphatic carbocycles. The molecular formula is C10H12BrNO3. The molecular weight excluding hydrogens is 262 g/mol. The Bertz CT molecular complexity index is 361. The van der Waals surface area contributed by atoms with Crippen molar-refractivity contribution in [3.8, 4) is 0 Å². The molecule has 0 amide bonds. The first kappa shape index (κ1) is 12.2. The molecule has 82 valence electrons. The maximum absolute atomic E-state index is 10.6. The second-order valence-electron chi connectivity index (χ2n) is 3.37. The first-order valence-corrected chi connectivity index (χ1v) is 5.14. The van der Waals surface area contributed by atoms with Crippen LogP contribution in [0.3, 0.4) is 0 Å². The van der Waals surface area contributed by atoms with E-state index in [0.717, 1.165) is 10.0 Å². The molecule has 0 spiro atoms. The van der Waals surface area contributed by atoms with Crippen molar-refractivity contribution in [1.82, 2.24) is 0 Å². The van der Waals surface area contributed by atoms with Crippen LogP contribution >= 0.6 is 15.9 Å². The fourth-order valence-electron chi connectivity index (χ4n) is 1.28. The van der Waals surface area contributed by atoms with Crippen LogP contribution in [0.15, 0.2) is 22.7 Å². The second kappa shape index (κ2) is 4.74. The highest BCUT2D eigenvalue weighted by Gasteiger charge is 2.23. The summed E-state index contributed by atoms with van der Waals surface area (Å²) in [6.07, 6.45) is -1.20. The largest absolute Gasteiger partial charge is 0.480 e. The smallest absolute Gasteiger partial charge is 0.323 e. The summed E-state index contributed by atoms with van der Waals surface area (Å²) in [5, 5.41) is 18.3. The summed E-state index contributed by atoms with van der Waals surface area (Å²) < 4.78 is 0.786. The van der Waals surface area contributed by atoms with E-state index < -0.39 is 18.1 Å². The maximum Gasteiger partial charge on any atom is 0.323 e. The summed E-state index contributed by atoms with van der Waals surface area (Å²) in [6.45, 7) is 1.85. The van der Waals surface area contributed by atoms with E-state index in [1.54, 1.807) is 12.1 Å². The van der Waals surface area contributed by atoms with Gasteiger partial charge in [-0.1, -0.05) is 22.0 Å². The first-order chi connectivity index (χ1) is 6.91. The molecule has 0 fully saturated rings. The summed E-state index contributed by atoms with van der Waals surface area (Å²) in [5.74, 6) is -1.22. The molecule has 0 saturated heterocycles. The summed E-state index contributed by atoms with van der Waals surface area (Å²) in [6, 6.07) is 3.92. The lowest BCUT2D eigenvalue weighted by Gasteiger charge is -2.16. The van der Waals surface area contributed by atoms with Crippen molar-refractivity contribution in [3.63, 3.8) is 0 Å². The van der Waals surface area contributed by atoms with Crippen LogP contribution in [0.4, 0.5) is 0 Å². The van der Waals surface area contributed by atoms with Crippen LogP contribution < -0.4 is 5.73 Å². The molecule has 1 aromatic carbocycles. The van der Waals surface area contributed by atoms with Crippen LogP contribution in [0, 0.1) is 6.92 Å². The van der Waals surface area contributed by atoms with Crippen LogP contribution in [-0.4, -0.2) is 22.2 Å². The summed E-state index contributed by atoms with van der Waals surface area (Å²) in [5.41, 5.74) is 6.75. The lowest BCUT2D eigenvalue weighted by molar-refractivity contribution is -0.141. The third-order valence-electron chi connectivity index (χ3n) is 2.03. The highest BCUT2D eigenvalue weighted by atomic mass is 79.9. The highest BCUT2D eigenvalue weighted by molar-refractivity contribution is 9.10. The van der Waals surface area contributed by atoms with E-state index >= 15 is 0 Å². The van der Waals surface area contributed by atoms with Crippen molar-refractivity contribution in [3.05, 3.63) is 33.8 Å². The van der Waals surface area contributed by atoms with Gasteiger partial charge in [-0.3, -0.25) is 4.79 Å². The molecule has 1 rings (SSSR count). The van der Waals surface area contributed by atoms with Gasteiger partial charge in [0.15, 0.2) is 0 Å². The number of aryl methyl sites for hydroxylation is 1. The Morgan fingerprint density at radius 1 is 1.47 bits per heavy atom. The zero-order valence-corrected chi connectivity index (χ0v) is 9.73. The van der Waals surface area contributed by atoms with Gasteiger partial charge in [0.25, 0.3) is 0 Å². The molecule has 0 saturated carbocycles. The lowest BCUT2D eigenvalue weighted by Crippen LogP contribution is -2.36. The molecule has 0 radical (unpaired) electrons. The molecule has 15 heavy (non-hydrogen) atoms. The minimum Gasteiger partial charge on any atom is -0.480 e. The molecule has 2 atom stereocenters. The molecule has 0 heterocycles. The van der Waals surface area contributed by atoms with Crippen LogP contribution in [0.2, 0.25) is 0 Å². The molecule has 4 nitrogen and oxygen atoms in total. The summed E-state index contributed by atoms with van der Waals surface area (Å²) >= 11 is 3.27. The van der Waals surface area contributed by atoms with Crippen molar-refractivity contribution in [2.75, 3.05) is 0 Å². The number of carboxylic acids is 1. The number of aliphatic hydroxyl groups excluding tert-OH is 1. The topological polar surface area (TPSA) is 83.5 Å². The number of nitrogens with two attached hydrogens (primary N) is 1. The van der Waals surface area contributed by atoms with Gasteiger partial charge in [-0.25, -0.2) is 0 Å². The number of carboxylic acid groups (broad SMARTS) is 1. The second-order valence-corrected chi connectivity index (χ2v) is 4.29. The van der Waals surface area contributed by atoms with E-state index in [9.17, 15) is 9.90 Å². The molecule has 2 unspecified atom stereocenters. The van der Waals surface area contributed by atoms with Crippen molar-refractivity contribution < 1.29 is 15.0 Å². The third-order valence-corrected chi connectivity index (χ3v) is 2.49. The fourth-order valence-corrected chi connectivity index (χ4v) is 1.90. The number of halogens is 1. The van der Waals surface area contributed by atoms with Gasteiger partial charge in [0.05, 0.1) is 0 Å². The number of carbonyl (C=O) groups is 1. The predicted molar refractivity (Wildman–Crippen MR) is 59.5 cm³/mol. The van der Waals surface area contributed by atoms with Gasteiger partial charge in [0.2, 0.25) is 0 Å². The van der Waals surface area contributed by atoms with E-state index in [-0.39, 0.29) is 0 Å². The van der Waals surface area contributed by atoms with Gasteiger partial charge in [-0.15, -0.1) is 0 Å². The Balaban J connectivity index is 3.00. The van der Waals surface area contributed by atoms with Crippen molar-refractivity contribution in [2.24, 2.45) is 5.73 Å². The average molecular weight is 274 g/mol. The van der Waals surface area contributed by atoms with Crippen molar-refractivity contribution in [2.45, 2.75) is 19.1 Å². The Kier molecular flexibility index (Phi) is 3.84. The molecule has 0 aliphatic heterocycles. The maximum atomic E-state index is 10.6. The quantitative estimate of drug-likeness (QED) is 0.773. The van der Waals surface area contributed by atoms with Crippen LogP contribution in [-0.2, 0) is 4.79 Å². The highest BCUT2D eigenvalue weighted by Crippen LogP contribution is 2.22. The molecule has 0 aromatic heterocycles. The van der Waals surface area contributed by atoms with Crippen LogP contribution in [0.5, 0.6) is 0 Å². The Labute approximate surface area is 95.8 Å². The lowest BCUT2D eigenvalue weighted by atomic mass is 10.0. The Morgan fingerprint density at radius 3 is 2.53 bits per heavy atom. The minimum atomic E-state index is -1.31. The van der Waals surface area contributed by atoms with E-state index in [2.05, 4.69) is 15.9 Å². The van der Waals surface area contributed by atoms with E-state index in [4.69, 9.17) is 10.8 Å². The van der Waals surface area contributed by atoms with E-state index in [0.29, 0.717) is 5.56 Å². The number of rotatable bonds is 3. The first-order valence-electron chi connectivity index (χ1n) is 4.35. The Morgan fingerprint density at radius 2 is 2.07 bits per heavy atom. The number of benzene rings is 1. The number of aliphatic carboxylic acids is 1. The van der Waals surface area contributed by atoms with Gasteiger partial charge < -0.3 is 15.9 Å². The normalized spacial score (nSPS) is 14.7. The third kappa shape index (κ3) is 3.02. The Hall–Kier alpha value is -0.910. The van der Waals surface area contributed by atoms with Gasteiger partial charge in [-0.05, 0) is 30.2 Å². The monoisotopic (exact) mass is 273 g/mol. The van der Waals surface area contributed by atoms with Crippen LogP contribution in [0.25, 0.3) is 0 Å². The zero-order valence-electron chi connectivity index (χ0n) is 8.14. The average Bonchev–Trinajstić information content (AvgIpc) is 2.13. The molecule has 0 aliphatic rings. The fraction of sp³-hybridized carbons (Fsp3) is 0.300. The molecule has 1 aromatic rings. The number of hydrogen-bond acceptors (Lipinski definition) is 3. The van der Waals surface area contributed by atoms with Crippen molar-refractivity contribution >= 4 is 21.9 Å². The van der Waals surface area contributed by atoms with Gasteiger partial charge in [0.1, 0.15) is 12.1 Å².